The van der Waals surface area contributed by atoms with Crippen LogP contribution in [0.1, 0.15) is 5.56 Å². The van der Waals surface area contributed by atoms with Crippen molar-refractivity contribution < 1.29 is 13.3 Å². The van der Waals surface area contributed by atoms with Crippen molar-refractivity contribution in [3.8, 4) is 11.1 Å². The predicted molar refractivity (Wildman–Crippen MR) is 114 cm³/mol. The van der Waals surface area contributed by atoms with Crippen LogP contribution in [0.3, 0.4) is 0 Å². The number of benzene rings is 3. The van der Waals surface area contributed by atoms with Crippen LogP contribution in [-0.4, -0.2) is 19.9 Å². The van der Waals surface area contributed by atoms with Crippen molar-refractivity contribution in [2.75, 3.05) is 10.8 Å². The molecule has 0 saturated carbocycles. The third kappa shape index (κ3) is 4.05. The molecule has 0 unspecified atom stereocenters. The zero-order valence-corrected chi connectivity index (χ0v) is 16.7. The average Bonchev–Trinajstić information content (AvgIpc) is 2.72. The van der Waals surface area contributed by atoms with E-state index in [0.29, 0.717) is 11.3 Å². The van der Waals surface area contributed by atoms with E-state index in [4.69, 9.17) is 0 Å². The first-order valence-electron chi connectivity index (χ1n) is 8.89. The Hall–Kier alpha value is -3.45. The maximum Gasteiger partial charge on any atom is 0.270 e. The summed E-state index contributed by atoms with van der Waals surface area (Å²) in [7, 11) is -4.08. The summed E-state index contributed by atoms with van der Waals surface area (Å²) in [6, 6.07) is 20.4. The SMILES string of the molecule is C=CCN(c1ccccc1-c1ccccc1)S(=O)(=O)c1cc([N+](=O)[O-])ccc1C. The molecule has 0 heterocycles. The smallest absolute Gasteiger partial charge is 0.262 e. The summed E-state index contributed by atoms with van der Waals surface area (Å²) in [5.41, 5.74) is 2.24. The minimum absolute atomic E-state index is 0.0221. The molecule has 0 atom stereocenters. The Labute approximate surface area is 169 Å². The molecule has 0 fully saturated rings. The summed E-state index contributed by atoms with van der Waals surface area (Å²) < 4.78 is 28.3. The third-order valence-electron chi connectivity index (χ3n) is 4.50. The number of para-hydroxylation sites is 1. The van der Waals surface area contributed by atoms with Crippen LogP contribution in [0.2, 0.25) is 0 Å². The molecule has 0 saturated heterocycles. The van der Waals surface area contributed by atoms with Crippen LogP contribution in [0.15, 0.2) is 90.3 Å². The number of sulfonamides is 1. The first-order chi connectivity index (χ1) is 13.9. The molecule has 29 heavy (non-hydrogen) atoms. The highest BCUT2D eigenvalue weighted by Gasteiger charge is 2.29. The van der Waals surface area contributed by atoms with Crippen LogP contribution < -0.4 is 4.31 Å². The molecule has 0 bridgehead atoms. The molecule has 0 aliphatic rings. The van der Waals surface area contributed by atoms with Gasteiger partial charge in [0.25, 0.3) is 15.7 Å². The Balaban J connectivity index is 2.21. The van der Waals surface area contributed by atoms with Gasteiger partial charge in [-0.15, -0.1) is 6.58 Å². The van der Waals surface area contributed by atoms with E-state index in [2.05, 4.69) is 6.58 Å². The number of anilines is 1. The summed E-state index contributed by atoms with van der Waals surface area (Å²) in [5.74, 6) is 0. The van der Waals surface area contributed by atoms with Crippen LogP contribution >= 0.6 is 0 Å². The normalized spacial score (nSPS) is 11.1. The first-order valence-corrected chi connectivity index (χ1v) is 10.3. The molecule has 3 rings (SSSR count). The summed E-state index contributed by atoms with van der Waals surface area (Å²) >= 11 is 0. The third-order valence-corrected chi connectivity index (χ3v) is 6.42. The maximum absolute atomic E-state index is 13.6. The van der Waals surface area contributed by atoms with Gasteiger partial charge >= 0.3 is 0 Å². The molecule has 0 aliphatic carbocycles. The number of hydrogen-bond donors (Lipinski definition) is 0. The quantitative estimate of drug-likeness (QED) is 0.315. The fourth-order valence-corrected chi connectivity index (χ4v) is 4.80. The second-order valence-corrected chi connectivity index (χ2v) is 8.25. The van der Waals surface area contributed by atoms with Gasteiger partial charge in [0.15, 0.2) is 0 Å². The minimum Gasteiger partial charge on any atom is -0.262 e. The van der Waals surface area contributed by atoms with E-state index in [9.17, 15) is 18.5 Å². The van der Waals surface area contributed by atoms with Crippen molar-refractivity contribution in [3.05, 3.63) is 101 Å². The first kappa shape index (κ1) is 20.3. The lowest BCUT2D eigenvalue weighted by molar-refractivity contribution is -0.385. The number of non-ortho nitro benzene ring substituents is 1. The van der Waals surface area contributed by atoms with Crippen molar-refractivity contribution in [1.29, 1.82) is 0 Å². The number of nitro groups is 1. The Morgan fingerprint density at radius 3 is 2.34 bits per heavy atom. The number of nitrogens with zero attached hydrogens (tertiary/aromatic N) is 2. The predicted octanol–water partition coefficient (Wildman–Crippen LogP) is 4.95. The zero-order valence-electron chi connectivity index (χ0n) is 15.9. The van der Waals surface area contributed by atoms with Crippen LogP contribution in [0, 0.1) is 17.0 Å². The van der Waals surface area contributed by atoms with E-state index >= 15 is 0 Å². The largest absolute Gasteiger partial charge is 0.270 e. The highest BCUT2D eigenvalue weighted by Crippen LogP contribution is 2.35. The zero-order chi connectivity index (χ0) is 21.0. The van der Waals surface area contributed by atoms with Crippen molar-refractivity contribution in [1.82, 2.24) is 0 Å². The summed E-state index contributed by atoms with van der Waals surface area (Å²) in [6.45, 7) is 5.33. The monoisotopic (exact) mass is 408 g/mol. The van der Waals surface area contributed by atoms with Gasteiger partial charge in [-0.1, -0.05) is 60.7 Å². The molecule has 0 amide bonds. The number of nitro benzene ring substituents is 1. The molecule has 148 valence electrons. The fraction of sp³-hybridized carbons (Fsp3) is 0.0909. The van der Waals surface area contributed by atoms with Gasteiger partial charge in [0.2, 0.25) is 0 Å². The summed E-state index contributed by atoms with van der Waals surface area (Å²) in [5, 5.41) is 11.2. The minimum atomic E-state index is -4.08. The van der Waals surface area contributed by atoms with Crippen molar-refractivity contribution >= 4 is 21.4 Å². The molecular weight excluding hydrogens is 388 g/mol. The highest BCUT2D eigenvalue weighted by atomic mass is 32.2. The van der Waals surface area contributed by atoms with E-state index in [1.165, 1.54) is 22.5 Å². The van der Waals surface area contributed by atoms with Gasteiger partial charge in [0, 0.05) is 17.7 Å². The lowest BCUT2D eigenvalue weighted by Gasteiger charge is -2.26. The van der Waals surface area contributed by atoms with Gasteiger partial charge in [-0.05, 0) is 24.1 Å². The average molecular weight is 408 g/mol. The highest BCUT2D eigenvalue weighted by molar-refractivity contribution is 7.93. The maximum atomic E-state index is 13.6. The second-order valence-electron chi connectivity index (χ2n) is 6.41. The molecular formula is C22H20N2O4S. The topological polar surface area (TPSA) is 80.5 Å². The lowest BCUT2D eigenvalue weighted by Crippen LogP contribution is -2.32. The lowest BCUT2D eigenvalue weighted by atomic mass is 10.0. The van der Waals surface area contributed by atoms with Crippen molar-refractivity contribution in [2.45, 2.75) is 11.8 Å². The van der Waals surface area contributed by atoms with E-state index in [-0.39, 0.29) is 17.1 Å². The summed E-state index contributed by atoms with van der Waals surface area (Å²) in [6.07, 6.45) is 1.49. The van der Waals surface area contributed by atoms with Crippen molar-refractivity contribution in [2.24, 2.45) is 0 Å². The molecule has 0 aromatic heterocycles. The number of rotatable bonds is 7. The fourth-order valence-electron chi connectivity index (χ4n) is 3.10. The van der Waals surface area contributed by atoms with Gasteiger partial charge < -0.3 is 0 Å². The van der Waals surface area contributed by atoms with E-state index < -0.39 is 14.9 Å². The van der Waals surface area contributed by atoms with Gasteiger partial charge in [-0.3, -0.25) is 14.4 Å². The molecule has 3 aromatic carbocycles. The molecule has 3 aromatic rings. The Morgan fingerprint density at radius 1 is 1.03 bits per heavy atom. The Kier molecular flexibility index (Phi) is 5.79. The van der Waals surface area contributed by atoms with Gasteiger partial charge in [-0.25, -0.2) is 8.42 Å². The van der Waals surface area contributed by atoms with Gasteiger partial charge in [0.05, 0.1) is 22.1 Å². The second kappa shape index (κ2) is 8.28. The number of hydrogen-bond acceptors (Lipinski definition) is 4. The van der Waals surface area contributed by atoms with Gasteiger partial charge in [-0.2, -0.15) is 0 Å². The van der Waals surface area contributed by atoms with Crippen LogP contribution in [0.25, 0.3) is 11.1 Å². The Bertz CT molecular complexity index is 1160. The standard InChI is InChI=1S/C22H20N2O4S/c1-3-15-23(21-12-8-7-11-20(21)18-9-5-4-6-10-18)29(27,28)22-16-19(24(25)26)14-13-17(22)2/h3-14,16H,1,15H2,2H3. The summed E-state index contributed by atoms with van der Waals surface area (Å²) in [4.78, 5) is 10.5. The molecule has 0 N–H and O–H groups in total. The van der Waals surface area contributed by atoms with E-state index in [1.54, 1.807) is 19.1 Å². The van der Waals surface area contributed by atoms with Crippen molar-refractivity contribution in [3.63, 3.8) is 0 Å². The molecule has 0 radical (unpaired) electrons. The van der Waals surface area contributed by atoms with Gasteiger partial charge in [0.1, 0.15) is 0 Å². The van der Waals surface area contributed by atoms with Crippen LogP contribution in [0.4, 0.5) is 11.4 Å². The Morgan fingerprint density at radius 2 is 1.69 bits per heavy atom. The molecule has 0 spiro atoms. The van der Waals surface area contributed by atoms with Crippen LogP contribution in [0.5, 0.6) is 0 Å². The van der Waals surface area contributed by atoms with E-state index in [0.717, 1.165) is 17.2 Å². The molecule has 6 nitrogen and oxygen atoms in total. The van der Waals surface area contributed by atoms with Crippen LogP contribution in [-0.2, 0) is 10.0 Å². The van der Waals surface area contributed by atoms with E-state index in [1.807, 2.05) is 42.5 Å². The number of aryl methyl sites for hydroxylation is 1. The molecule has 0 aliphatic heterocycles. The molecule has 7 heteroatoms.